The Bertz CT molecular complexity index is 381. The molecule has 2 unspecified atom stereocenters. The van der Waals surface area contributed by atoms with Gasteiger partial charge in [-0.25, -0.2) is 0 Å². The molecule has 0 saturated heterocycles. The zero-order valence-electron chi connectivity index (χ0n) is 12.9. The smallest absolute Gasteiger partial charge is 0.0341 e. The van der Waals surface area contributed by atoms with E-state index in [-0.39, 0.29) is 0 Å². The third-order valence-electron chi connectivity index (χ3n) is 3.68. The van der Waals surface area contributed by atoms with Gasteiger partial charge in [0.05, 0.1) is 0 Å². The monoisotopic (exact) mass is 280 g/mol. The highest BCUT2D eigenvalue weighted by molar-refractivity contribution is 7.99. The van der Waals surface area contributed by atoms with Crippen LogP contribution in [0.1, 0.15) is 42.5 Å². The number of nitrogens with two attached hydrogens (primary N) is 1. The van der Waals surface area contributed by atoms with Crippen molar-refractivity contribution in [3.8, 4) is 0 Å². The molecule has 0 radical (unpaired) electrons. The lowest BCUT2D eigenvalue weighted by Gasteiger charge is -2.20. The first-order valence-electron chi connectivity index (χ1n) is 7.12. The van der Waals surface area contributed by atoms with Crippen LogP contribution < -0.4 is 11.3 Å². The van der Waals surface area contributed by atoms with E-state index in [1.54, 1.807) is 0 Å². The lowest BCUT2D eigenvalue weighted by molar-refractivity contribution is 0.572. The highest BCUT2D eigenvalue weighted by Gasteiger charge is 2.13. The normalized spacial score (nSPS) is 14.4. The minimum Gasteiger partial charge on any atom is -0.271 e. The van der Waals surface area contributed by atoms with Gasteiger partial charge in [0.15, 0.2) is 0 Å². The SMILES string of the molecule is CCC(C)SCC(Cc1c(C)cc(C)cc1C)NN. The minimum absolute atomic E-state index is 0.346. The van der Waals surface area contributed by atoms with E-state index in [1.165, 1.54) is 28.7 Å². The van der Waals surface area contributed by atoms with Crippen LogP contribution in [-0.2, 0) is 6.42 Å². The van der Waals surface area contributed by atoms with Crippen LogP contribution in [0.25, 0.3) is 0 Å². The average molecular weight is 280 g/mol. The summed E-state index contributed by atoms with van der Waals surface area (Å²) in [6.07, 6.45) is 2.22. The molecule has 19 heavy (non-hydrogen) atoms. The molecule has 1 rings (SSSR count). The van der Waals surface area contributed by atoms with Crippen molar-refractivity contribution in [2.45, 2.75) is 58.8 Å². The number of hydrogen-bond acceptors (Lipinski definition) is 3. The molecular formula is C16H28N2S. The van der Waals surface area contributed by atoms with Gasteiger partial charge in [-0.2, -0.15) is 11.8 Å². The van der Waals surface area contributed by atoms with E-state index in [4.69, 9.17) is 5.84 Å². The van der Waals surface area contributed by atoms with Crippen LogP contribution in [-0.4, -0.2) is 17.0 Å². The molecule has 0 fully saturated rings. The molecule has 2 nitrogen and oxygen atoms in total. The molecule has 0 amide bonds. The number of nitrogens with one attached hydrogen (secondary N) is 1. The van der Waals surface area contributed by atoms with Crippen LogP contribution in [0.4, 0.5) is 0 Å². The molecule has 3 heteroatoms. The summed E-state index contributed by atoms with van der Waals surface area (Å²) < 4.78 is 0. The summed E-state index contributed by atoms with van der Waals surface area (Å²) >= 11 is 2.00. The van der Waals surface area contributed by atoms with E-state index in [0.29, 0.717) is 11.3 Å². The largest absolute Gasteiger partial charge is 0.271 e. The molecule has 1 aromatic carbocycles. The summed E-state index contributed by atoms with van der Waals surface area (Å²) in [5.41, 5.74) is 8.52. The number of aryl methyl sites for hydroxylation is 3. The van der Waals surface area contributed by atoms with Crippen molar-refractivity contribution in [1.29, 1.82) is 0 Å². The van der Waals surface area contributed by atoms with Gasteiger partial charge in [-0.1, -0.05) is 31.5 Å². The number of rotatable bonds is 7. The van der Waals surface area contributed by atoms with Crippen molar-refractivity contribution in [2.24, 2.45) is 5.84 Å². The molecule has 0 aromatic heterocycles. The van der Waals surface area contributed by atoms with E-state index in [9.17, 15) is 0 Å². The van der Waals surface area contributed by atoms with E-state index < -0.39 is 0 Å². The molecule has 0 aliphatic heterocycles. The van der Waals surface area contributed by atoms with Gasteiger partial charge in [-0.05, 0) is 50.3 Å². The van der Waals surface area contributed by atoms with Crippen LogP contribution >= 0.6 is 11.8 Å². The van der Waals surface area contributed by atoms with Gasteiger partial charge in [0.1, 0.15) is 0 Å². The van der Waals surface area contributed by atoms with Crippen LogP contribution in [0.3, 0.4) is 0 Å². The first-order valence-corrected chi connectivity index (χ1v) is 8.17. The number of hydrogen-bond donors (Lipinski definition) is 2. The predicted octanol–water partition coefficient (Wildman–Crippen LogP) is 3.52. The van der Waals surface area contributed by atoms with Crippen molar-refractivity contribution in [1.82, 2.24) is 5.43 Å². The third-order valence-corrected chi connectivity index (χ3v) is 5.18. The fraction of sp³-hybridized carbons (Fsp3) is 0.625. The maximum absolute atomic E-state index is 5.72. The summed E-state index contributed by atoms with van der Waals surface area (Å²) in [6.45, 7) is 11.1. The fourth-order valence-corrected chi connectivity index (χ4v) is 3.35. The highest BCUT2D eigenvalue weighted by Crippen LogP contribution is 2.21. The van der Waals surface area contributed by atoms with E-state index in [1.807, 2.05) is 11.8 Å². The highest BCUT2D eigenvalue weighted by atomic mass is 32.2. The fourth-order valence-electron chi connectivity index (χ4n) is 2.34. The van der Waals surface area contributed by atoms with Crippen molar-refractivity contribution in [3.63, 3.8) is 0 Å². The Morgan fingerprint density at radius 3 is 2.26 bits per heavy atom. The Morgan fingerprint density at radius 1 is 1.21 bits per heavy atom. The van der Waals surface area contributed by atoms with E-state index >= 15 is 0 Å². The molecule has 2 atom stereocenters. The molecule has 0 spiro atoms. The first kappa shape index (κ1) is 16.5. The Morgan fingerprint density at radius 2 is 1.79 bits per heavy atom. The Labute approximate surface area is 122 Å². The lowest BCUT2D eigenvalue weighted by Crippen LogP contribution is -2.39. The van der Waals surface area contributed by atoms with Crippen molar-refractivity contribution in [3.05, 3.63) is 34.4 Å². The lowest BCUT2D eigenvalue weighted by atomic mass is 9.95. The Balaban J connectivity index is 2.70. The standard InChI is InChI=1S/C16H28N2S/c1-6-14(5)19-10-15(18-17)9-16-12(3)7-11(2)8-13(16)4/h7-8,14-15,18H,6,9-10,17H2,1-5H3. The minimum atomic E-state index is 0.346. The van der Waals surface area contributed by atoms with Gasteiger partial charge >= 0.3 is 0 Å². The van der Waals surface area contributed by atoms with E-state index in [0.717, 1.165) is 12.2 Å². The van der Waals surface area contributed by atoms with Gasteiger partial charge in [0.25, 0.3) is 0 Å². The molecule has 0 saturated carbocycles. The zero-order chi connectivity index (χ0) is 14.4. The summed E-state index contributed by atoms with van der Waals surface area (Å²) in [7, 11) is 0. The number of hydrazine groups is 1. The summed E-state index contributed by atoms with van der Waals surface area (Å²) in [4.78, 5) is 0. The van der Waals surface area contributed by atoms with Crippen LogP contribution in [0.2, 0.25) is 0 Å². The molecule has 0 aliphatic rings. The van der Waals surface area contributed by atoms with Crippen molar-refractivity contribution >= 4 is 11.8 Å². The molecule has 1 aromatic rings. The molecular weight excluding hydrogens is 252 g/mol. The van der Waals surface area contributed by atoms with Gasteiger partial charge in [0.2, 0.25) is 0 Å². The maximum atomic E-state index is 5.72. The van der Waals surface area contributed by atoms with Gasteiger partial charge in [-0.15, -0.1) is 0 Å². The third kappa shape index (κ3) is 5.17. The molecule has 0 aliphatic carbocycles. The van der Waals surface area contributed by atoms with Crippen LogP contribution in [0, 0.1) is 20.8 Å². The number of benzene rings is 1. The molecule has 0 heterocycles. The molecule has 3 N–H and O–H groups in total. The Kier molecular flexibility index (Phi) is 6.90. The van der Waals surface area contributed by atoms with E-state index in [2.05, 4.69) is 52.2 Å². The van der Waals surface area contributed by atoms with Crippen molar-refractivity contribution < 1.29 is 0 Å². The van der Waals surface area contributed by atoms with Crippen LogP contribution in [0.15, 0.2) is 12.1 Å². The quantitative estimate of drug-likeness (QED) is 0.593. The van der Waals surface area contributed by atoms with Crippen molar-refractivity contribution in [2.75, 3.05) is 5.75 Å². The van der Waals surface area contributed by atoms with Gasteiger partial charge < -0.3 is 0 Å². The first-order chi connectivity index (χ1) is 8.97. The zero-order valence-corrected chi connectivity index (χ0v) is 13.7. The predicted molar refractivity (Wildman–Crippen MR) is 87.7 cm³/mol. The maximum Gasteiger partial charge on any atom is 0.0341 e. The number of thioether (sulfide) groups is 1. The molecule has 108 valence electrons. The van der Waals surface area contributed by atoms with Crippen LogP contribution in [0.5, 0.6) is 0 Å². The second-order valence-electron chi connectivity index (χ2n) is 5.50. The Hall–Kier alpha value is -0.510. The average Bonchev–Trinajstić information content (AvgIpc) is 2.36. The second kappa shape index (κ2) is 7.93. The summed E-state index contributed by atoms with van der Waals surface area (Å²) in [6, 6.07) is 4.87. The van der Waals surface area contributed by atoms with Gasteiger partial charge in [-0.3, -0.25) is 11.3 Å². The molecule has 0 bridgehead atoms. The van der Waals surface area contributed by atoms with Gasteiger partial charge in [0, 0.05) is 17.0 Å². The second-order valence-corrected chi connectivity index (χ2v) is 6.97. The summed E-state index contributed by atoms with van der Waals surface area (Å²) in [5.74, 6) is 6.78. The topological polar surface area (TPSA) is 38.0 Å². The summed E-state index contributed by atoms with van der Waals surface area (Å²) in [5, 5.41) is 0.705.